The summed E-state index contributed by atoms with van der Waals surface area (Å²) in [5.74, 6) is -2.06. The summed E-state index contributed by atoms with van der Waals surface area (Å²) in [5, 5.41) is 5.33. The van der Waals surface area contributed by atoms with E-state index >= 15 is 0 Å². The average Bonchev–Trinajstić information content (AvgIpc) is 2.54. The van der Waals surface area contributed by atoms with Crippen molar-refractivity contribution in [1.29, 1.82) is 0 Å². The van der Waals surface area contributed by atoms with Gasteiger partial charge >= 0.3 is 12.2 Å². The van der Waals surface area contributed by atoms with Crippen molar-refractivity contribution < 1.29 is 28.7 Å². The lowest BCUT2D eigenvalue weighted by molar-refractivity contribution is -0.159. The van der Waals surface area contributed by atoms with Crippen molar-refractivity contribution in [1.82, 2.24) is 15.5 Å². The van der Waals surface area contributed by atoms with E-state index in [2.05, 4.69) is 15.4 Å². The third kappa shape index (κ3) is 14.1. The topological polar surface area (TPSA) is 141 Å². The lowest BCUT2D eigenvalue weighted by Gasteiger charge is -2.29. The maximum absolute atomic E-state index is 13.0. The molecule has 0 saturated heterocycles. The van der Waals surface area contributed by atoms with Gasteiger partial charge in [-0.25, -0.2) is 4.79 Å². The second kappa shape index (κ2) is 12.3. The Morgan fingerprint density at radius 3 is 2.06 bits per heavy atom. The van der Waals surface area contributed by atoms with Crippen LogP contribution in [-0.2, 0) is 23.9 Å². The number of carbonyl (C=O) groups is 4. The summed E-state index contributed by atoms with van der Waals surface area (Å²) < 4.78 is 5.37. The molecule has 0 aromatic carbocycles. The standard InChI is InChI=1S/C21H37N5O5/c1-20(2,3)11-16(24-17(28)13-26(7)8)18(29)25-15(10-9-14(27)12-23-22)19(30)31-21(4,5)6/h12,15-16H,9-11,13H2,1-8H3,(H,24,28)(H,25,29)/t15-,16-/m0/s1. The third-order valence-electron chi connectivity index (χ3n) is 3.82. The van der Waals surface area contributed by atoms with Crippen LogP contribution < -0.4 is 10.6 Å². The van der Waals surface area contributed by atoms with Crippen LogP contribution in [0.15, 0.2) is 0 Å². The zero-order valence-electron chi connectivity index (χ0n) is 19.9. The van der Waals surface area contributed by atoms with Crippen LogP contribution in [-0.4, -0.2) is 77.8 Å². The number of hydrogen-bond donors (Lipinski definition) is 2. The van der Waals surface area contributed by atoms with E-state index in [9.17, 15) is 19.2 Å². The van der Waals surface area contributed by atoms with Crippen LogP contribution in [0.25, 0.3) is 5.53 Å². The second-order valence-corrected chi connectivity index (χ2v) is 9.97. The Bertz CT molecular complexity index is 700. The zero-order valence-corrected chi connectivity index (χ0v) is 19.9. The van der Waals surface area contributed by atoms with Crippen LogP contribution in [0.2, 0.25) is 0 Å². The normalized spacial score (nSPS) is 13.6. The van der Waals surface area contributed by atoms with Gasteiger partial charge in [-0.15, -0.1) is 0 Å². The van der Waals surface area contributed by atoms with E-state index in [4.69, 9.17) is 10.3 Å². The molecule has 0 radical (unpaired) electrons. The Morgan fingerprint density at radius 2 is 1.61 bits per heavy atom. The molecule has 176 valence electrons. The maximum atomic E-state index is 13.0. The number of nitrogens with one attached hydrogen (secondary N) is 2. The van der Waals surface area contributed by atoms with Gasteiger partial charge in [0.2, 0.25) is 17.6 Å². The Labute approximate surface area is 184 Å². The van der Waals surface area contributed by atoms with E-state index < -0.39 is 35.3 Å². The van der Waals surface area contributed by atoms with Gasteiger partial charge < -0.3 is 25.8 Å². The molecule has 0 aromatic rings. The van der Waals surface area contributed by atoms with Crippen molar-refractivity contribution in [2.75, 3.05) is 20.6 Å². The number of carbonyl (C=O) groups excluding carboxylic acids is 4. The van der Waals surface area contributed by atoms with Gasteiger partial charge in [0.05, 0.1) is 6.54 Å². The molecule has 0 saturated carbocycles. The molecule has 10 nitrogen and oxygen atoms in total. The highest BCUT2D eigenvalue weighted by Gasteiger charge is 2.32. The van der Waals surface area contributed by atoms with Gasteiger partial charge in [-0.2, -0.15) is 4.79 Å². The quantitative estimate of drug-likeness (QED) is 0.212. The van der Waals surface area contributed by atoms with Crippen LogP contribution in [0.3, 0.4) is 0 Å². The predicted molar refractivity (Wildman–Crippen MR) is 116 cm³/mol. The minimum Gasteiger partial charge on any atom is -0.458 e. The van der Waals surface area contributed by atoms with E-state index in [1.807, 2.05) is 20.8 Å². The molecule has 0 aliphatic rings. The highest BCUT2D eigenvalue weighted by atomic mass is 16.6. The van der Waals surface area contributed by atoms with Crippen molar-refractivity contribution in [2.45, 2.75) is 78.5 Å². The lowest BCUT2D eigenvalue weighted by atomic mass is 9.87. The SMILES string of the molecule is CN(C)CC(=O)N[C@@H](CC(C)(C)C)C(=O)N[C@@H](CCC(=O)C=[N+]=[N-])C(=O)OC(C)(C)C. The molecule has 0 aromatic heterocycles. The van der Waals surface area contributed by atoms with E-state index in [0.29, 0.717) is 6.42 Å². The fourth-order valence-electron chi connectivity index (χ4n) is 2.66. The molecule has 2 N–H and O–H groups in total. The molecule has 0 spiro atoms. The summed E-state index contributed by atoms with van der Waals surface area (Å²) in [4.78, 5) is 53.9. The number of amides is 2. The summed E-state index contributed by atoms with van der Waals surface area (Å²) in [6.45, 7) is 11.0. The van der Waals surface area contributed by atoms with Crippen molar-refractivity contribution in [3.8, 4) is 0 Å². The average molecular weight is 440 g/mol. The minimum absolute atomic E-state index is 0.0423. The number of hydrogen-bond acceptors (Lipinski definition) is 6. The molecule has 2 amide bonds. The number of esters is 1. The van der Waals surface area contributed by atoms with Crippen LogP contribution in [0, 0.1) is 5.41 Å². The number of rotatable bonds is 11. The number of ketones is 1. The van der Waals surface area contributed by atoms with Crippen molar-refractivity contribution in [2.24, 2.45) is 5.41 Å². The molecule has 10 heteroatoms. The van der Waals surface area contributed by atoms with Gasteiger partial charge in [-0.1, -0.05) is 20.8 Å². The van der Waals surface area contributed by atoms with E-state index in [1.165, 1.54) is 0 Å². The van der Waals surface area contributed by atoms with Crippen LogP contribution in [0.1, 0.15) is 60.8 Å². The van der Waals surface area contributed by atoms with Crippen LogP contribution in [0.5, 0.6) is 0 Å². The monoisotopic (exact) mass is 439 g/mol. The Kier molecular flexibility index (Phi) is 11.3. The van der Waals surface area contributed by atoms with E-state index in [-0.39, 0.29) is 30.7 Å². The van der Waals surface area contributed by atoms with Gasteiger partial charge in [-0.3, -0.25) is 14.4 Å². The van der Waals surface area contributed by atoms with Gasteiger partial charge in [0.1, 0.15) is 17.7 Å². The molecule has 0 fully saturated rings. The molecule has 0 aliphatic heterocycles. The number of likely N-dealkylation sites (N-methyl/N-ethyl adjacent to an activating group) is 1. The third-order valence-corrected chi connectivity index (χ3v) is 3.82. The summed E-state index contributed by atoms with van der Waals surface area (Å²) in [5.41, 5.74) is 7.41. The molecule has 0 aliphatic carbocycles. The Balaban J connectivity index is 5.54. The largest absolute Gasteiger partial charge is 0.458 e. The summed E-state index contributed by atoms with van der Waals surface area (Å²) in [7, 11) is 3.48. The highest BCUT2D eigenvalue weighted by Crippen LogP contribution is 2.21. The van der Waals surface area contributed by atoms with Gasteiger partial charge in [0.25, 0.3) is 0 Å². The molecule has 31 heavy (non-hydrogen) atoms. The maximum Gasteiger partial charge on any atom is 0.329 e. The second-order valence-electron chi connectivity index (χ2n) is 9.97. The molecule has 0 bridgehead atoms. The highest BCUT2D eigenvalue weighted by molar-refractivity contribution is 6.25. The Morgan fingerprint density at radius 1 is 1.03 bits per heavy atom. The first-order valence-electron chi connectivity index (χ1n) is 10.2. The Hall–Kier alpha value is -2.58. The van der Waals surface area contributed by atoms with Crippen LogP contribution >= 0.6 is 0 Å². The number of nitrogens with zero attached hydrogens (tertiary/aromatic N) is 3. The zero-order chi connectivity index (χ0) is 24.4. The van der Waals surface area contributed by atoms with Crippen molar-refractivity contribution >= 4 is 29.8 Å². The number of ether oxygens (including phenoxy) is 1. The number of Topliss-reactive ketones (excluding diaryl/α,β-unsaturated/α-hetero) is 1. The molecular formula is C21H37N5O5. The minimum atomic E-state index is -1.10. The van der Waals surface area contributed by atoms with Crippen molar-refractivity contribution in [3.05, 3.63) is 5.53 Å². The van der Waals surface area contributed by atoms with Crippen LogP contribution in [0.4, 0.5) is 0 Å². The van der Waals surface area contributed by atoms with Gasteiger partial charge in [0, 0.05) is 6.42 Å². The molecule has 2 atom stereocenters. The fourth-order valence-corrected chi connectivity index (χ4v) is 2.66. The fraction of sp³-hybridized carbons (Fsp3) is 0.762. The molecule has 0 heterocycles. The summed E-state index contributed by atoms with van der Waals surface area (Å²) in [6.07, 6.45) is 0.900. The smallest absolute Gasteiger partial charge is 0.329 e. The summed E-state index contributed by atoms with van der Waals surface area (Å²) in [6, 6.07) is -1.97. The van der Waals surface area contributed by atoms with Gasteiger partial charge in [0.15, 0.2) is 0 Å². The van der Waals surface area contributed by atoms with E-state index in [0.717, 1.165) is 6.21 Å². The molecular weight excluding hydrogens is 402 g/mol. The van der Waals surface area contributed by atoms with Gasteiger partial charge in [-0.05, 0) is 53.1 Å². The molecule has 0 rings (SSSR count). The lowest BCUT2D eigenvalue weighted by Crippen LogP contribution is -2.54. The predicted octanol–water partition coefficient (Wildman–Crippen LogP) is 0.945. The molecule has 0 unspecified atom stereocenters. The summed E-state index contributed by atoms with van der Waals surface area (Å²) >= 11 is 0. The van der Waals surface area contributed by atoms with Crippen molar-refractivity contribution in [3.63, 3.8) is 0 Å². The first-order valence-corrected chi connectivity index (χ1v) is 10.2. The van der Waals surface area contributed by atoms with E-state index in [1.54, 1.807) is 39.8 Å². The first kappa shape index (κ1) is 28.4. The first-order chi connectivity index (χ1) is 14.0.